The first-order valence-electron chi connectivity index (χ1n) is 14.1. The van der Waals surface area contributed by atoms with Crippen molar-refractivity contribution in [3.05, 3.63) is 35.9 Å². The molecular weight excluding hydrogens is 454 g/mol. The number of aliphatic hydroxyl groups is 2. The van der Waals surface area contributed by atoms with Crippen LogP contribution < -0.4 is 5.32 Å². The van der Waals surface area contributed by atoms with Crippen molar-refractivity contribution in [3.8, 4) is 0 Å². The van der Waals surface area contributed by atoms with Crippen molar-refractivity contribution in [1.82, 2.24) is 15.1 Å². The smallest absolute Gasteiger partial charge is 0.320 e. The van der Waals surface area contributed by atoms with Crippen LogP contribution in [0.1, 0.15) is 63.4 Å². The molecule has 0 spiro atoms. The number of carbonyl (C=O) groups is 2. The fourth-order valence-electron chi connectivity index (χ4n) is 8.35. The largest absolute Gasteiger partial charge is 0.393 e. The lowest BCUT2D eigenvalue weighted by molar-refractivity contribution is -0.164. The van der Waals surface area contributed by atoms with E-state index in [0.29, 0.717) is 44.8 Å². The molecule has 3 atom stereocenters. The third kappa shape index (κ3) is 4.53. The molecule has 7 nitrogen and oxygen atoms in total. The van der Waals surface area contributed by atoms with Crippen molar-refractivity contribution in [2.75, 3.05) is 26.2 Å². The molecule has 6 aliphatic rings. The number of urea groups is 1. The van der Waals surface area contributed by atoms with Crippen LogP contribution in [0, 0.1) is 23.2 Å². The number of carbonyl (C=O) groups excluding carboxylic acids is 2. The van der Waals surface area contributed by atoms with Crippen LogP contribution in [0.25, 0.3) is 0 Å². The Hall–Kier alpha value is -2.12. The van der Waals surface area contributed by atoms with Crippen molar-refractivity contribution in [2.45, 2.75) is 82.0 Å². The zero-order valence-corrected chi connectivity index (χ0v) is 21.3. The van der Waals surface area contributed by atoms with E-state index in [-0.39, 0.29) is 41.3 Å². The van der Waals surface area contributed by atoms with Gasteiger partial charge in [0.25, 0.3) is 0 Å². The zero-order valence-electron chi connectivity index (χ0n) is 21.3. The van der Waals surface area contributed by atoms with Gasteiger partial charge in [-0.2, -0.15) is 0 Å². The quantitative estimate of drug-likeness (QED) is 0.599. The molecule has 4 bridgehead atoms. The van der Waals surface area contributed by atoms with E-state index in [1.54, 1.807) is 0 Å². The van der Waals surface area contributed by atoms with Gasteiger partial charge in [0.05, 0.1) is 17.1 Å². The first kappa shape index (κ1) is 24.2. The van der Waals surface area contributed by atoms with Crippen molar-refractivity contribution < 1.29 is 19.8 Å². The van der Waals surface area contributed by atoms with Crippen molar-refractivity contribution in [3.63, 3.8) is 0 Å². The minimum atomic E-state index is -0.762. The topological polar surface area (TPSA) is 93.1 Å². The number of hydrogen-bond acceptors (Lipinski definition) is 4. The highest BCUT2D eigenvalue weighted by Gasteiger charge is 2.58. The first-order chi connectivity index (χ1) is 17.3. The molecule has 0 aromatic heterocycles. The molecule has 4 saturated carbocycles. The Labute approximate surface area is 214 Å². The second kappa shape index (κ2) is 9.32. The molecule has 7 rings (SSSR count). The molecule has 196 valence electrons. The van der Waals surface area contributed by atoms with Gasteiger partial charge in [-0.25, -0.2) is 4.79 Å². The Morgan fingerprint density at radius 1 is 0.972 bits per heavy atom. The molecular formula is C29H41N3O4. The normalized spacial score (nSPS) is 37.1. The van der Waals surface area contributed by atoms with Crippen molar-refractivity contribution >= 4 is 11.9 Å². The highest BCUT2D eigenvalue weighted by atomic mass is 16.3. The maximum absolute atomic E-state index is 13.5. The fourth-order valence-corrected chi connectivity index (χ4v) is 8.35. The van der Waals surface area contributed by atoms with Gasteiger partial charge < -0.3 is 25.3 Å². The summed E-state index contributed by atoms with van der Waals surface area (Å²) in [6, 6.07) is 10.1. The van der Waals surface area contributed by atoms with Crippen molar-refractivity contribution in [1.29, 1.82) is 0 Å². The van der Waals surface area contributed by atoms with Gasteiger partial charge in [0.2, 0.25) is 5.91 Å². The number of nitrogens with one attached hydrogen (secondary N) is 1. The van der Waals surface area contributed by atoms with Gasteiger partial charge in [-0.05, 0) is 81.1 Å². The molecule has 2 saturated heterocycles. The van der Waals surface area contributed by atoms with Gasteiger partial charge in [-0.1, -0.05) is 30.3 Å². The highest BCUT2D eigenvalue weighted by molar-refractivity contribution is 5.83. The van der Waals surface area contributed by atoms with E-state index < -0.39 is 5.60 Å². The summed E-state index contributed by atoms with van der Waals surface area (Å²) in [7, 11) is 0. The lowest BCUT2D eigenvalue weighted by atomic mass is 9.48. The van der Waals surface area contributed by atoms with Crippen LogP contribution in [-0.4, -0.2) is 75.9 Å². The lowest BCUT2D eigenvalue weighted by Gasteiger charge is -2.58. The van der Waals surface area contributed by atoms with Crippen LogP contribution in [0.3, 0.4) is 0 Å². The monoisotopic (exact) mass is 495 g/mol. The molecule has 2 aliphatic heterocycles. The number of piperidine rings is 2. The molecule has 0 unspecified atom stereocenters. The molecule has 4 aliphatic carbocycles. The Morgan fingerprint density at radius 2 is 1.67 bits per heavy atom. The predicted molar refractivity (Wildman–Crippen MR) is 136 cm³/mol. The van der Waals surface area contributed by atoms with E-state index >= 15 is 0 Å². The third-order valence-corrected chi connectivity index (χ3v) is 10.1. The average Bonchev–Trinajstić information content (AvgIpc) is 2.87. The average molecular weight is 496 g/mol. The molecule has 1 aromatic rings. The summed E-state index contributed by atoms with van der Waals surface area (Å²) in [6.45, 7) is 2.40. The minimum Gasteiger partial charge on any atom is -0.393 e. The Bertz CT molecular complexity index is 960. The molecule has 36 heavy (non-hydrogen) atoms. The summed E-state index contributed by atoms with van der Waals surface area (Å²) in [4.78, 5) is 30.7. The number of likely N-dealkylation sites (tertiary alicyclic amines) is 2. The van der Waals surface area contributed by atoms with E-state index in [4.69, 9.17) is 0 Å². The van der Waals surface area contributed by atoms with Crippen LogP contribution >= 0.6 is 0 Å². The summed E-state index contributed by atoms with van der Waals surface area (Å²) in [5, 5.41) is 25.0. The SMILES string of the molecule is O=C(N1CCC(O)(Cc2ccccc2)CC1)N1CCC[C@H](NC(=O)C23CC4C[C@H](C2)C(O)[C@H](C4)C3)C1. The zero-order chi connectivity index (χ0) is 24.9. The standard InChI is InChI=1S/C29H41N3O4/c33-25-22-13-21-14-23(25)18-28(15-21,17-22)26(34)30-24-7-4-10-32(19-24)27(35)31-11-8-29(36,9-12-31)16-20-5-2-1-3-6-20/h1-3,5-6,21-25,33,36H,4,7-19H2,(H,30,34)/t21?,22-,23-,24+,25?,28?/m1/s1. The van der Waals surface area contributed by atoms with Gasteiger partial charge in [0, 0.05) is 38.6 Å². The van der Waals surface area contributed by atoms with Gasteiger partial charge in [0.1, 0.15) is 0 Å². The van der Waals surface area contributed by atoms with Gasteiger partial charge in [-0.3, -0.25) is 4.79 Å². The number of aliphatic hydroxyl groups excluding tert-OH is 1. The molecule has 0 radical (unpaired) electrons. The Balaban J connectivity index is 1.03. The maximum atomic E-state index is 13.5. The van der Waals surface area contributed by atoms with E-state index in [1.165, 1.54) is 0 Å². The molecule has 7 heteroatoms. The molecule has 1 aromatic carbocycles. The van der Waals surface area contributed by atoms with Gasteiger partial charge in [0.15, 0.2) is 0 Å². The first-order valence-corrected chi connectivity index (χ1v) is 14.1. The number of amides is 3. The number of hydrogen-bond donors (Lipinski definition) is 3. The van der Waals surface area contributed by atoms with Gasteiger partial charge >= 0.3 is 6.03 Å². The van der Waals surface area contributed by atoms with E-state index in [2.05, 4.69) is 5.32 Å². The van der Waals surface area contributed by atoms with Crippen LogP contribution in [0.15, 0.2) is 30.3 Å². The molecule has 2 heterocycles. The van der Waals surface area contributed by atoms with E-state index in [9.17, 15) is 19.8 Å². The summed E-state index contributed by atoms with van der Waals surface area (Å²) < 4.78 is 0. The Kier molecular flexibility index (Phi) is 6.27. The second-order valence-electron chi connectivity index (χ2n) is 12.7. The molecule has 3 N–H and O–H groups in total. The van der Waals surface area contributed by atoms with Crippen LogP contribution in [0.2, 0.25) is 0 Å². The summed E-state index contributed by atoms with van der Waals surface area (Å²) in [5.74, 6) is 1.31. The van der Waals surface area contributed by atoms with E-state index in [1.807, 2.05) is 40.1 Å². The minimum absolute atomic E-state index is 0.00654. The third-order valence-electron chi connectivity index (χ3n) is 10.1. The van der Waals surface area contributed by atoms with Crippen molar-refractivity contribution in [2.24, 2.45) is 23.2 Å². The molecule has 6 fully saturated rings. The van der Waals surface area contributed by atoms with E-state index in [0.717, 1.165) is 57.1 Å². The second-order valence-corrected chi connectivity index (χ2v) is 12.7. The number of nitrogens with zero attached hydrogens (tertiary/aromatic N) is 2. The highest BCUT2D eigenvalue weighted by Crippen LogP contribution is 2.60. The summed E-state index contributed by atoms with van der Waals surface area (Å²) >= 11 is 0. The lowest BCUT2D eigenvalue weighted by Crippen LogP contribution is -2.61. The predicted octanol–water partition coefficient (Wildman–Crippen LogP) is 2.94. The number of benzene rings is 1. The van der Waals surface area contributed by atoms with Crippen LogP contribution in [0.4, 0.5) is 4.79 Å². The fraction of sp³-hybridized carbons (Fsp3) is 0.724. The van der Waals surface area contributed by atoms with Crippen LogP contribution in [-0.2, 0) is 11.2 Å². The number of rotatable bonds is 4. The molecule has 3 amide bonds. The summed E-state index contributed by atoms with van der Waals surface area (Å²) in [6.07, 6.45) is 8.12. The van der Waals surface area contributed by atoms with Crippen LogP contribution in [0.5, 0.6) is 0 Å². The van der Waals surface area contributed by atoms with Gasteiger partial charge in [-0.15, -0.1) is 0 Å². The Morgan fingerprint density at radius 3 is 2.36 bits per heavy atom. The summed E-state index contributed by atoms with van der Waals surface area (Å²) in [5.41, 5.74) is 0.0583. The maximum Gasteiger partial charge on any atom is 0.320 e.